The lowest BCUT2D eigenvalue weighted by Crippen LogP contribution is -2.49. The van der Waals surface area contributed by atoms with Gasteiger partial charge in [0.25, 0.3) is 0 Å². The zero-order valence-corrected chi connectivity index (χ0v) is 15.1. The lowest BCUT2D eigenvalue weighted by molar-refractivity contribution is -0.126. The molecule has 0 radical (unpaired) electrons. The van der Waals surface area contributed by atoms with E-state index in [2.05, 4.69) is 31.2 Å². The number of amides is 1. The summed E-state index contributed by atoms with van der Waals surface area (Å²) in [4.78, 5) is 23.1. The molecule has 1 N–H and O–H groups in total. The summed E-state index contributed by atoms with van der Waals surface area (Å²) in [5, 5.41) is 3.05. The monoisotopic (exact) mass is 370 g/mol. The van der Waals surface area contributed by atoms with Crippen molar-refractivity contribution in [3.05, 3.63) is 10.7 Å². The van der Waals surface area contributed by atoms with Crippen LogP contribution in [-0.4, -0.2) is 41.6 Å². The summed E-state index contributed by atoms with van der Waals surface area (Å²) in [7, 11) is 1.58. The van der Waals surface area contributed by atoms with Crippen molar-refractivity contribution >= 4 is 27.8 Å². The molecule has 122 valence electrons. The van der Waals surface area contributed by atoms with E-state index in [0.29, 0.717) is 18.4 Å². The maximum Gasteiger partial charge on any atom is 0.232 e. The number of carbonyl (C=O) groups is 1. The Bertz CT molecular complexity index is 545. The minimum Gasteiger partial charge on any atom is -0.480 e. The van der Waals surface area contributed by atoms with Gasteiger partial charge in [-0.3, -0.25) is 4.79 Å². The van der Waals surface area contributed by atoms with Crippen molar-refractivity contribution < 1.29 is 9.53 Å². The Kier molecular flexibility index (Phi) is 5.26. The smallest absolute Gasteiger partial charge is 0.232 e. The highest BCUT2D eigenvalue weighted by atomic mass is 79.9. The quantitative estimate of drug-likeness (QED) is 0.884. The molecule has 2 heterocycles. The lowest BCUT2D eigenvalue weighted by Gasteiger charge is -2.33. The highest BCUT2D eigenvalue weighted by molar-refractivity contribution is 9.10. The van der Waals surface area contributed by atoms with Crippen LogP contribution in [-0.2, 0) is 4.79 Å². The molecule has 0 spiro atoms. The van der Waals surface area contributed by atoms with Crippen LogP contribution >= 0.6 is 15.9 Å². The topological polar surface area (TPSA) is 67.3 Å². The molecule has 1 fully saturated rings. The molecule has 1 aliphatic heterocycles. The first kappa shape index (κ1) is 17.0. The van der Waals surface area contributed by atoms with Crippen LogP contribution in [0.3, 0.4) is 0 Å². The summed E-state index contributed by atoms with van der Waals surface area (Å²) < 4.78 is 5.93. The molecule has 1 aliphatic rings. The van der Waals surface area contributed by atoms with Crippen LogP contribution in [0, 0.1) is 5.92 Å². The number of aromatic nitrogens is 2. The average molecular weight is 371 g/mol. The highest BCUT2D eigenvalue weighted by Crippen LogP contribution is 2.26. The number of nitrogens with one attached hydrogen (secondary N) is 1. The largest absolute Gasteiger partial charge is 0.480 e. The van der Waals surface area contributed by atoms with Crippen LogP contribution in [0.25, 0.3) is 0 Å². The van der Waals surface area contributed by atoms with E-state index in [-0.39, 0.29) is 17.4 Å². The molecule has 0 saturated carbocycles. The molecule has 22 heavy (non-hydrogen) atoms. The van der Waals surface area contributed by atoms with Crippen LogP contribution in [0.15, 0.2) is 10.7 Å². The van der Waals surface area contributed by atoms with Crippen LogP contribution in [0.1, 0.15) is 33.6 Å². The van der Waals surface area contributed by atoms with Gasteiger partial charge in [-0.2, -0.15) is 4.98 Å². The Morgan fingerprint density at radius 3 is 2.86 bits per heavy atom. The Balaban J connectivity index is 2.09. The van der Waals surface area contributed by atoms with Crippen molar-refractivity contribution in [1.29, 1.82) is 0 Å². The van der Waals surface area contributed by atoms with Crippen molar-refractivity contribution in [1.82, 2.24) is 15.3 Å². The Morgan fingerprint density at radius 2 is 2.23 bits per heavy atom. The summed E-state index contributed by atoms with van der Waals surface area (Å²) in [5.41, 5.74) is -0.212. The first-order valence-electron chi connectivity index (χ1n) is 7.43. The van der Waals surface area contributed by atoms with Crippen molar-refractivity contribution in [2.45, 2.75) is 39.2 Å². The zero-order chi connectivity index (χ0) is 16.3. The molecule has 1 unspecified atom stereocenters. The third kappa shape index (κ3) is 4.32. The summed E-state index contributed by atoms with van der Waals surface area (Å²) in [5.74, 6) is 1.17. The van der Waals surface area contributed by atoms with Gasteiger partial charge in [-0.25, -0.2) is 4.98 Å². The van der Waals surface area contributed by atoms with Crippen LogP contribution in [0.2, 0.25) is 0 Å². The zero-order valence-electron chi connectivity index (χ0n) is 13.5. The second-order valence-corrected chi connectivity index (χ2v) is 7.41. The average Bonchev–Trinajstić information content (AvgIpc) is 2.46. The lowest BCUT2D eigenvalue weighted by atomic mass is 9.96. The van der Waals surface area contributed by atoms with Gasteiger partial charge < -0.3 is 15.0 Å². The van der Waals surface area contributed by atoms with E-state index in [1.165, 1.54) is 0 Å². The number of carbonyl (C=O) groups excluding carboxylic acids is 1. The number of hydrogen-bond donors (Lipinski definition) is 1. The van der Waals surface area contributed by atoms with E-state index in [0.717, 1.165) is 23.9 Å². The van der Waals surface area contributed by atoms with E-state index >= 15 is 0 Å². The number of nitrogens with zero attached hydrogens (tertiary/aromatic N) is 3. The van der Waals surface area contributed by atoms with Crippen molar-refractivity contribution in [3.63, 3.8) is 0 Å². The van der Waals surface area contributed by atoms with Crippen molar-refractivity contribution in [2.75, 3.05) is 25.1 Å². The second kappa shape index (κ2) is 6.81. The maximum atomic E-state index is 12.4. The van der Waals surface area contributed by atoms with E-state index in [1.54, 1.807) is 13.3 Å². The van der Waals surface area contributed by atoms with Gasteiger partial charge in [0.2, 0.25) is 17.7 Å². The van der Waals surface area contributed by atoms with Gasteiger partial charge in [-0.05, 0) is 49.5 Å². The van der Waals surface area contributed by atoms with E-state index in [9.17, 15) is 4.79 Å². The number of halogens is 1. The molecular formula is C15H23BrN4O2. The molecule has 6 nitrogen and oxygen atoms in total. The molecule has 0 bridgehead atoms. The predicted molar refractivity (Wildman–Crippen MR) is 89.1 cm³/mol. The van der Waals surface area contributed by atoms with Gasteiger partial charge >= 0.3 is 0 Å². The number of hydrogen-bond acceptors (Lipinski definition) is 5. The standard InChI is InChI=1S/C15H23BrN4O2/c1-15(2,3)19-12(21)10-6-5-7-20(9-10)14-17-8-11(16)13(18-14)22-4/h8,10H,5-7,9H2,1-4H3,(H,19,21). The first-order valence-corrected chi connectivity index (χ1v) is 8.23. The van der Waals surface area contributed by atoms with Gasteiger partial charge in [0, 0.05) is 18.6 Å². The predicted octanol–water partition coefficient (Wildman–Crippen LogP) is 2.38. The minimum absolute atomic E-state index is 0.0359. The Labute approximate surface area is 139 Å². The second-order valence-electron chi connectivity index (χ2n) is 6.55. The number of methoxy groups -OCH3 is 1. The van der Waals surface area contributed by atoms with Gasteiger partial charge in [0.1, 0.15) is 0 Å². The molecule has 1 atom stereocenters. The Morgan fingerprint density at radius 1 is 1.50 bits per heavy atom. The normalized spacial score (nSPS) is 19.0. The SMILES string of the molecule is COc1nc(N2CCCC(C(=O)NC(C)(C)C)C2)ncc1Br. The first-order chi connectivity index (χ1) is 10.3. The van der Waals surface area contributed by atoms with Crippen molar-refractivity contribution in [2.24, 2.45) is 5.92 Å². The molecule has 1 amide bonds. The third-order valence-corrected chi connectivity index (χ3v) is 4.01. The maximum absolute atomic E-state index is 12.4. The number of ether oxygens (including phenoxy) is 1. The van der Waals surface area contributed by atoms with E-state index in [1.807, 2.05) is 25.7 Å². The highest BCUT2D eigenvalue weighted by Gasteiger charge is 2.29. The molecule has 1 aromatic heterocycles. The molecule has 1 aromatic rings. The van der Waals surface area contributed by atoms with Gasteiger partial charge in [0.15, 0.2) is 0 Å². The summed E-state index contributed by atoms with van der Waals surface area (Å²) in [6, 6.07) is 0. The molecule has 7 heteroatoms. The van der Waals surface area contributed by atoms with Crippen LogP contribution < -0.4 is 15.0 Å². The molecule has 0 aliphatic carbocycles. The summed E-state index contributed by atoms with van der Waals surface area (Å²) in [6.45, 7) is 7.47. The van der Waals surface area contributed by atoms with Crippen molar-refractivity contribution in [3.8, 4) is 5.88 Å². The van der Waals surface area contributed by atoms with Crippen LogP contribution in [0.5, 0.6) is 5.88 Å². The number of piperidine rings is 1. The number of rotatable bonds is 3. The van der Waals surface area contributed by atoms with Gasteiger partial charge in [0.05, 0.1) is 23.7 Å². The fourth-order valence-electron chi connectivity index (χ4n) is 2.48. The molecule has 2 rings (SSSR count). The fourth-order valence-corrected chi connectivity index (χ4v) is 2.84. The minimum atomic E-state index is -0.212. The molecule has 1 saturated heterocycles. The van der Waals surface area contributed by atoms with E-state index < -0.39 is 0 Å². The van der Waals surface area contributed by atoms with E-state index in [4.69, 9.17) is 4.74 Å². The van der Waals surface area contributed by atoms with Crippen LogP contribution in [0.4, 0.5) is 5.95 Å². The third-order valence-electron chi connectivity index (χ3n) is 3.47. The number of anilines is 1. The summed E-state index contributed by atoms with van der Waals surface area (Å²) >= 11 is 3.35. The summed E-state index contributed by atoms with van der Waals surface area (Å²) in [6.07, 6.45) is 3.52. The molecule has 0 aromatic carbocycles. The fraction of sp³-hybridized carbons (Fsp3) is 0.667. The van der Waals surface area contributed by atoms with Gasteiger partial charge in [-0.1, -0.05) is 0 Å². The van der Waals surface area contributed by atoms with Gasteiger partial charge in [-0.15, -0.1) is 0 Å². The molecular weight excluding hydrogens is 348 g/mol. The Hall–Kier alpha value is -1.37.